The van der Waals surface area contributed by atoms with E-state index in [1.165, 1.54) is 0 Å². The first-order valence-corrected chi connectivity index (χ1v) is 5.54. The SMILES string of the molecule is COC(=O)C(Cc1cccc(N)c1)NCC(F)(F)F. The molecule has 1 rings (SSSR count). The molecule has 0 aliphatic heterocycles. The van der Waals surface area contributed by atoms with Gasteiger partial charge in [0.05, 0.1) is 13.7 Å². The van der Waals surface area contributed by atoms with Crippen LogP contribution < -0.4 is 11.1 Å². The lowest BCUT2D eigenvalue weighted by Crippen LogP contribution is -2.44. The van der Waals surface area contributed by atoms with Gasteiger partial charge in [0, 0.05) is 5.69 Å². The number of nitrogens with one attached hydrogen (secondary N) is 1. The second kappa shape index (κ2) is 6.42. The molecule has 0 saturated heterocycles. The van der Waals surface area contributed by atoms with Crippen LogP contribution in [-0.4, -0.2) is 31.8 Å². The minimum Gasteiger partial charge on any atom is -0.468 e. The molecule has 0 aliphatic rings. The average molecular weight is 276 g/mol. The van der Waals surface area contributed by atoms with Gasteiger partial charge in [0.1, 0.15) is 6.04 Å². The summed E-state index contributed by atoms with van der Waals surface area (Å²) in [6.45, 7) is -1.25. The molecule has 0 amide bonds. The molecule has 0 bridgehead atoms. The largest absolute Gasteiger partial charge is 0.468 e. The molecule has 7 heteroatoms. The molecular weight excluding hydrogens is 261 g/mol. The molecule has 1 unspecified atom stereocenters. The van der Waals surface area contributed by atoms with Crippen LogP contribution in [0.1, 0.15) is 5.56 Å². The fourth-order valence-electron chi connectivity index (χ4n) is 1.58. The summed E-state index contributed by atoms with van der Waals surface area (Å²) < 4.78 is 40.9. The molecule has 0 heterocycles. The highest BCUT2D eigenvalue weighted by Gasteiger charge is 2.30. The van der Waals surface area contributed by atoms with E-state index >= 15 is 0 Å². The van der Waals surface area contributed by atoms with E-state index < -0.39 is 24.7 Å². The van der Waals surface area contributed by atoms with Crippen LogP contribution in [0.15, 0.2) is 24.3 Å². The van der Waals surface area contributed by atoms with Crippen LogP contribution in [0.5, 0.6) is 0 Å². The summed E-state index contributed by atoms with van der Waals surface area (Å²) in [5.74, 6) is -0.744. The van der Waals surface area contributed by atoms with Crippen LogP contribution in [-0.2, 0) is 16.0 Å². The van der Waals surface area contributed by atoms with Gasteiger partial charge in [-0.25, -0.2) is 0 Å². The fraction of sp³-hybridized carbons (Fsp3) is 0.417. The van der Waals surface area contributed by atoms with Crippen LogP contribution >= 0.6 is 0 Å². The number of hydrogen-bond acceptors (Lipinski definition) is 4. The van der Waals surface area contributed by atoms with Gasteiger partial charge in [0.15, 0.2) is 0 Å². The van der Waals surface area contributed by atoms with E-state index in [1.807, 2.05) is 0 Å². The van der Waals surface area contributed by atoms with Gasteiger partial charge in [-0.15, -0.1) is 0 Å². The third-order valence-corrected chi connectivity index (χ3v) is 2.43. The maximum Gasteiger partial charge on any atom is 0.401 e. The first kappa shape index (κ1) is 15.3. The summed E-state index contributed by atoms with van der Waals surface area (Å²) in [5, 5.41) is 2.14. The zero-order valence-corrected chi connectivity index (χ0v) is 10.3. The third-order valence-electron chi connectivity index (χ3n) is 2.43. The molecule has 4 nitrogen and oxygen atoms in total. The number of carbonyl (C=O) groups excluding carboxylic acids is 1. The van der Waals surface area contributed by atoms with E-state index in [0.29, 0.717) is 11.3 Å². The standard InChI is InChI=1S/C12H15F3N2O2/c1-19-11(18)10(17-7-12(13,14)15)6-8-3-2-4-9(16)5-8/h2-5,10,17H,6-7,16H2,1H3. The lowest BCUT2D eigenvalue weighted by Gasteiger charge is -2.17. The van der Waals surface area contributed by atoms with Crippen molar-refractivity contribution in [3.05, 3.63) is 29.8 Å². The van der Waals surface area contributed by atoms with Crippen molar-refractivity contribution in [2.75, 3.05) is 19.4 Å². The normalized spacial score (nSPS) is 13.1. The molecule has 1 aromatic rings. The number of alkyl halides is 3. The van der Waals surface area contributed by atoms with Crippen molar-refractivity contribution < 1.29 is 22.7 Å². The van der Waals surface area contributed by atoms with E-state index in [-0.39, 0.29) is 6.42 Å². The molecule has 0 aliphatic carbocycles. The minimum absolute atomic E-state index is 0.0772. The van der Waals surface area contributed by atoms with Crippen LogP contribution in [0.2, 0.25) is 0 Å². The molecule has 19 heavy (non-hydrogen) atoms. The van der Waals surface area contributed by atoms with Gasteiger partial charge in [-0.2, -0.15) is 13.2 Å². The van der Waals surface area contributed by atoms with Gasteiger partial charge in [-0.05, 0) is 24.1 Å². The maximum atomic E-state index is 12.2. The maximum absolute atomic E-state index is 12.2. The lowest BCUT2D eigenvalue weighted by atomic mass is 10.1. The van der Waals surface area contributed by atoms with Gasteiger partial charge in [-0.1, -0.05) is 12.1 Å². The smallest absolute Gasteiger partial charge is 0.401 e. The number of carbonyl (C=O) groups is 1. The Kier molecular flexibility index (Phi) is 5.17. The molecule has 0 spiro atoms. The van der Waals surface area contributed by atoms with Gasteiger partial charge in [0.2, 0.25) is 0 Å². The molecule has 0 aromatic heterocycles. The van der Waals surface area contributed by atoms with Crippen molar-refractivity contribution in [2.45, 2.75) is 18.6 Å². The summed E-state index contributed by atoms with van der Waals surface area (Å²) in [6, 6.07) is 5.54. The summed E-state index contributed by atoms with van der Waals surface area (Å²) in [7, 11) is 1.13. The summed E-state index contributed by atoms with van der Waals surface area (Å²) in [5.41, 5.74) is 6.71. The number of anilines is 1. The fourth-order valence-corrected chi connectivity index (χ4v) is 1.58. The van der Waals surface area contributed by atoms with E-state index in [9.17, 15) is 18.0 Å². The van der Waals surface area contributed by atoms with E-state index in [0.717, 1.165) is 7.11 Å². The van der Waals surface area contributed by atoms with Crippen LogP contribution in [0, 0.1) is 0 Å². The second-order valence-electron chi connectivity index (χ2n) is 4.02. The quantitative estimate of drug-likeness (QED) is 0.632. The third kappa shape index (κ3) is 5.60. The number of ether oxygens (including phenoxy) is 1. The average Bonchev–Trinajstić information content (AvgIpc) is 2.32. The Morgan fingerprint density at radius 1 is 1.47 bits per heavy atom. The van der Waals surface area contributed by atoms with Gasteiger partial charge in [0.25, 0.3) is 0 Å². The first-order valence-electron chi connectivity index (χ1n) is 5.54. The van der Waals surface area contributed by atoms with E-state index in [2.05, 4.69) is 10.1 Å². The van der Waals surface area contributed by atoms with Gasteiger partial charge < -0.3 is 10.5 Å². The second-order valence-corrected chi connectivity index (χ2v) is 4.02. The Morgan fingerprint density at radius 3 is 2.68 bits per heavy atom. The molecule has 1 atom stereocenters. The Morgan fingerprint density at radius 2 is 2.16 bits per heavy atom. The number of methoxy groups -OCH3 is 1. The predicted octanol–water partition coefficient (Wildman–Crippen LogP) is 1.50. The Hall–Kier alpha value is -1.76. The highest BCUT2D eigenvalue weighted by Crippen LogP contribution is 2.14. The Bertz CT molecular complexity index is 435. The molecule has 0 radical (unpaired) electrons. The molecule has 0 saturated carbocycles. The van der Waals surface area contributed by atoms with Crippen molar-refractivity contribution in [3.8, 4) is 0 Å². The first-order chi connectivity index (χ1) is 8.81. The molecule has 0 fully saturated rings. The number of esters is 1. The molecule has 1 aromatic carbocycles. The van der Waals surface area contributed by atoms with Crippen LogP contribution in [0.25, 0.3) is 0 Å². The number of benzene rings is 1. The monoisotopic (exact) mass is 276 g/mol. The topological polar surface area (TPSA) is 64.3 Å². The van der Waals surface area contributed by atoms with E-state index in [1.54, 1.807) is 24.3 Å². The van der Waals surface area contributed by atoms with Crippen molar-refractivity contribution >= 4 is 11.7 Å². The van der Waals surface area contributed by atoms with Crippen molar-refractivity contribution in [1.82, 2.24) is 5.32 Å². The summed E-state index contributed by atoms with van der Waals surface area (Å²) in [6.07, 6.45) is -4.31. The Labute approximate surface area is 108 Å². The predicted molar refractivity (Wildman–Crippen MR) is 64.4 cm³/mol. The number of halogens is 3. The summed E-state index contributed by atoms with van der Waals surface area (Å²) >= 11 is 0. The number of rotatable bonds is 5. The Balaban J connectivity index is 2.72. The van der Waals surface area contributed by atoms with E-state index in [4.69, 9.17) is 5.73 Å². The van der Waals surface area contributed by atoms with Crippen molar-refractivity contribution in [3.63, 3.8) is 0 Å². The van der Waals surface area contributed by atoms with Gasteiger partial charge in [-0.3, -0.25) is 10.1 Å². The van der Waals surface area contributed by atoms with Gasteiger partial charge >= 0.3 is 12.1 Å². The zero-order valence-electron chi connectivity index (χ0n) is 10.3. The highest BCUT2D eigenvalue weighted by molar-refractivity contribution is 5.76. The highest BCUT2D eigenvalue weighted by atomic mass is 19.4. The molecule has 106 valence electrons. The van der Waals surface area contributed by atoms with Crippen molar-refractivity contribution in [1.29, 1.82) is 0 Å². The minimum atomic E-state index is -4.39. The molecular formula is C12H15F3N2O2. The van der Waals surface area contributed by atoms with Crippen LogP contribution in [0.4, 0.5) is 18.9 Å². The summed E-state index contributed by atoms with van der Waals surface area (Å²) in [4.78, 5) is 11.4. The number of hydrogen-bond donors (Lipinski definition) is 2. The number of nitrogens with two attached hydrogens (primary N) is 1. The van der Waals surface area contributed by atoms with Crippen molar-refractivity contribution in [2.24, 2.45) is 0 Å². The molecule has 3 N–H and O–H groups in total. The number of nitrogen functional groups attached to an aromatic ring is 1. The lowest BCUT2D eigenvalue weighted by molar-refractivity contribution is -0.146. The zero-order chi connectivity index (χ0) is 14.5. The van der Waals surface area contributed by atoms with Crippen LogP contribution in [0.3, 0.4) is 0 Å².